The fraction of sp³-hybridized carbons (Fsp3) is 0.558. The Bertz CT molecular complexity index is 2000. The van der Waals surface area contributed by atoms with Crippen LogP contribution < -0.4 is 21.3 Å². The number of esters is 1. The lowest BCUT2D eigenvalue weighted by Gasteiger charge is -2.58. The van der Waals surface area contributed by atoms with E-state index in [2.05, 4.69) is 65.7 Å². The number of nitrogens with one attached hydrogen (secondary N) is 4. The van der Waals surface area contributed by atoms with Crippen molar-refractivity contribution in [3.05, 3.63) is 107 Å². The van der Waals surface area contributed by atoms with Crippen LogP contribution in [0.5, 0.6) is 0 Å². The Kier molecular flexibility index (Phi) is 20.8. The first-order chi connectivity index (χ1) is 31.9. The zero-order valence-electron chi connectivity index (χ0n) is 41.3. The lowest BCUT2D eigenvalue weighted by Crippen LogP contribution is -2.66. The number of ether oxygens (including phenoxy) is 4. The minimum Gasteiger partial charge on any atom is -0.468 e. The molecule has 4 rings (SSSR count). The molecule has 4 atom stereocenters. The van der Waals surface area contributed by atoms with Gasteiger partial charge in [-0.05, 0) is 88.5 Å². The van der Waals surface area contributed by atoms with Crippen molar-refractivity contribution in [2.45, 2.75) is 160 Å². The van der Waals surface area contributed by atoms with Crippen LogP contribution >= 0.6 is 0 Å². The predicted octanol–water partition coefficient (Wildman–Crippen LogP) is 7.06. The van der Waals surface area contributed by atoms with Crippen molar-refractivity contribution in [3.8, 4) is 0 Å². The number of carbonyl (C=O) groups is 5. The Balaban J connectivity index is 1.52. The zero-order valence-corrected chi connectivity index (χ0v) is 41.3. The van der Waals surface area contributed by atoms with E-state index in [1.807, 2.05) is 92.0 Å². The summed E-state index contributed by atoms with van der Waals surface area (Å²) in [5.74, 6) is -2.65. The van der Waals surface area contributed by atoms with Crippen LogP contribution in [0.25, 0.3) is 0 Å². The van der Waals surface area contributed by atoms with E-state index in [9.17, 15) is 24.0 Å². The number of benzene rings is 3. The molecule has 3 aromatic carbocycles. The minimum atomic E-state index is -1.28. The van der Waals surface area contributed by atoms with Crippen molar-refractivity contribution in [1.29, 1.82) is 0 Å². The molecule has 67 heavy (non-hydrogen) atoms. The molecule has 4 amide bonds. The molecule has 0 aliphatic carbocycles. The van der Waals surface area contributed by atoms with Crippen LogP contribution in [0.2, 0.25) is 0 Å². The number of hydrogen-bond donors (Lipinski definition) is 4. The van der Waals surface area contributed by atoms with Gasteiger partial charge in [-0.2, -0.15) is 5.06 Å². The summed E-state index contributed by atoms with van der Waals surface area (Å²) in [6.45, 7) is 15.6. The average Bonchev–Trinajstić information content (AvgIpc) is 3.32. The van der Waals surface area contributed by atoms with Crippen LogP contribution in [0, 0.1) is 0 Å². The quantitative estimate of drug-likeness (QED) is 0.0675. The molecule has 368 valence electrons. The Morgan fingerprint density at radius 2 is 1.16 bits per heavy atom. The molecule has 4 N–H and O–H groups in total. The van der Waals surface area contributed by atoms with Gasteiger partial charge in [0.15, 0.2) is 0 Å². The largest absolute Gasteiger partial charge is 0.468 e. The second kappa shape index (κ2) is 25.7. The fourth-order valence-corrected chi connectivity index (χ4v) is 8.68. The van der Waals surface area contributed by atoms with Crippen LogP contribution in [-0.2, 0) is 62.4 Å². The summed E-state index contributed by atoms with van der Waals surface area (Å²) >= 11 is 0. The minimum absolute atomic E-state index is 0.0515. The molecule has 1 unspecified atom stereocenters. The maximum absolute atomic E-state index is 14.2. The van der Waals surface area contributed by atoms with Gasteiger partial charge in [0.25, 0.3) is 0 Å². The van der Waals surface area contributed by atoms with E-state index in [1.165, 1.54) is 7.11 Å². The Morgan fingerprint density at radius 1 is 0.672 bits per heavy atom. The van der Waals surface area contributed by atoms with Crippen LogP contribution in [0.15, 0.2) is 84.9 Å². The van der Waals surface area contributed by atoms with Gasteiger partial charge in [0.2, 0.25) is 17.7 Å². The molecule has 1 heterocycles. The highest BCUT2D eigenvalue weighted by molar-refractivity contribution is 5.94. The van der Waals surface area contributed by atoms with Gasteiger partial charge in [0.05, 0.1) is 26.4 Å². The van der Waals surface area contributed by atoms with Crippen LogP contribution in [0.3, 0.4) is 0 Å². The number of methoxy groups -OCH3 is 2. The Morgan fingerprint density at radius 3 is 1.63 bits per heavy atom. The first-order valence-corrected chi connectivity index (χ1v) is 23.6. The number of rotatable bonds is 24. The number of amides is 4. The lowest BCUT2D eigenvalue weighted by atomic mass is 9.71. The SMILES string of the molecule is CCC1(CC)CC(OC)CC(CC)(CC)N1OC(C)c1ccc(COC[C@H](NC(=O)OC(C)(C)C)C(=O)N[C@@H](Cc2ccccc2)C(=O)N[C@@H](Cc2ccccc2)C(=O)NCC(=O)OC)cc1. The number of hydroxylamine groups is 2. The molecule has 3 aromatic rings. The molecule has 0 radical (unpaired) electrons. The monoisotopic (exact) mass is 930 g/mol. The van der Waals surface area contributed by atoms with E-state index in [1.54, 1.807) is 20.8 Å². The van der Waals surface area contributed by atoms with Crippen molar-refractivity contribution in [3.63, 3.8) is 0 Å². The van der Waals surface area contributed by atoms with Gasteiger partial charge in [-0.3, -0.25) is 24.0 Å². The smallest absolute Gasteiger partial charge is 0.408 e. The van der Waals surface area contributed by atoms with Gasteiger partial charge in [-0.15, -0.1) is 0 Å². The summed E-state index contributed by atoms with van der Waals surface area (Å²) in [5.41, 5.74) is 2.12. The topological polar surface area (TPSA) is 183 Å². The molecular formula is C52H75N5O10. The Hall–Kier alpha value is -5.35. The molecule has 1 saturated heterocycles. The van der Waals surface area contributed by atoms with E-state index in [0.717, 1.165) is 60.8 Å². The third-order valence-electron chi connectivity index (χ3n) is 12.8. The molecule has 15 nitrogen and oxygen atoms in total. The second-order valence-corrected chi connectivity index (χ2v) is 18.4. The Labute approximate surface area is 397 Å². The normalized spacial score (nSPS) is 16.7. The number of alkyl carbamates (subject to hydrolysis) is 1. The van der Waals surface area contributed by atoms with E-state index < -0.39 is 60.1 Å². The number of hydrogen-bond acceptors (Lipinski definition) is 11. The highest BCUT2D eigenvalue weighted by Crippen LogP contribution is 2.48. The standard InChI is InChI=1S/C52H75N5O10/c1-11-51(12-2)31-41(63-9)32-52(13-3,14-4)57(51)67-36(5)40-27-25-39(26-28-40)34-65-35-44(56-49(62)66-50(6,7)8)48(61)55-43(30-38-23-19-16-20-24-38)47(60)54-42(29-37-21-17-15-18-22-37)46(59)53-33-45(58)64-10/h15-28,36,41-44H,11-14,29-35H2,1-10H3,(H,53,59)(H,54,60)(H,55,61)(H,56,62)/t36?,42-,43-,44-/m0/s1. The maximum Gasteiger partial charge on any atom is 0.408 e. The highest BCUT2D eigenvalue weighted by Gasteiger charge is 2.53. The van der Waals surface area contributed by atoms with Gasteiger partial charge in [-0.25, -0.2) is 4.79 Å². The molecule has 1 fully saturated rings. The summed E-state index contributed by atoms with van der Waals surface area (Å²) < 4.78 is 22.3. The van der Waals surface area contributed by atoms with Gasteiger partial charge in [0.1, 0.15) is 36.4 Å². The van der Waals surface area contributed by atoms with Crippen molar-refractivity contribution in [2.24, 2.45) is 0 Å². The predicted molar refractivity (Wildman–Crippen MR) is 256 cm³/mol. The number of carbonyl (C=O) groups excluding carboxylic acids is 5. The van der Waals surface area contributed by atoms with Crippen molar-refractivity contribution in [1.82, 2.24) is 26.3 Å². The first kappa shape index (κ1) is 54.3. The van der Waals surface area contributed by atoms with E-state index in [0.29, 0.717) is 0 Å². The second-order valence-electron chi connectivity index (χ2n) is 18.4. The maximum atomic E-state index is 14.2. The van der Waals surface area contributed by atoms with Crippen molar-refractivity contribution in [2.75, 3.05) is 27.4 Å². The van der Waals surface area contributed by atoms with Crippen LogP contribution in [-0.4, -0.2) is 103 Å². The summed E-state index contributed by atoms with van der Waals surface area (Å²) in [6.07, 6.45) is 4.77. The molecule has 1 aliphatic rings. The first-order valence-electron chi connectivity index (χ1n) is 23.6. The van der Waals surface area contributed by atoms with E-state index in [-0.39, 0.29) is 49.3 Å². The fourth-order valence-electron chi connectivity index (χ4n) is 8.68. The third kappa shape index (κ3) is 15.9. The summed E-state index contributed by atoms with van der Waals surface area (Å²) in [4.78, 5) is 73.8. The molecule has 1 aliphatic heterocycles. The van der Waals surface area contributed by atoms with Crippen molar-refractivity contribution >= 4 is 29.8 Å². The molecule has 0 spiro atoms. The average molecular weight is 930 g/mol. The van der Waals surface area contributed by atoms with Crippen LogP contribution in [0.1, 0.15) is 122 Å². The molecule has 0 saturated carbocycles. The number of piperidine rings is 1. The van der Waals surface area contributed by atoms with Crippen LogP contribution in [0.4, 0.5) is 4.79 Å². The summed E-state index contributed by atoms with van der Waals surface area (Å²) in [5, 5.41) is 13.1. The van der Waals surface area contributed by atoms with Gasteiger partial charge >= 0.3 is 12.1 Å². The van der Waals surface area contributed by atoms with Gasteiger partial charge in [0, 0.05) is 31.0 Å². The number of nitrogens with zero attached hydrogens (tertiary/aromatic N) is 1. The molecule has 0 aromatic heterocycles. The van der Waals surface area contributed by atoms with E-state index >= 15 is 0 Å². The highest BCUT2D eigenvalue weighted by atomic mass is 16.7. The summed E-state index contributed by atoms with van der Waals surface area (Å²) in [7, 11) is 3.02. The molecule has 0 bridgehead atoms. The van der Waals surface area contributed by atoms with Gasteiger partial charge < -0.3 is 40.2 Å². The van der Waals surface area contributed by atoms with Gasteiger partial charge in [-0.1, -0.05) is 113 Å². The lowest BCUT2D eigenvalue weighted by molar-refractivity contribution is -0.333. The zero-order chi connectivity index (χ0) is 49.2. The third-order valence-corrected chi connectivity index (χ3v) is 12.8. The molecular weight excluding hydrogens is 855 g/mol. The van der Waals surface area contributed by atoms with E-state index in [4.69, 9.17) is 19.0 Å². The van der Waals surface area contributed by atoms with Crippen molar-refractivity contribution < 1.29 is 47.8 Å². The molecule has 15 heteroatoms. The summed E-state index contributed by atoms with van der Waals surface area (Å²) in [6, 6.07) is 22.5.